The summed E-state index contributed by atoms with van der Waals surface area (Å²) in [6, 6.07) is 1.88. The lowest BCUT2D eigenvalue weighted by Gasteiger charge is -2.42. The molecule has 1 amide bonds. The minimum Gasteiger partial charge on any atom is -0.444 e. The number of hydrogen-bond acceptors (Lipinski definition) is 8. The topological polar surface area (TPSA) is 118 Å². The van der Waals surface area contributed by atoms with Crippen molar-refractivity contribution < 1.29 is 14.1 Å². The zero-order valence-corrected chi connectivity index (χ0v) is 17.6. The number of anilines is 3. The Bertz CT molecular complexity index is 1120. The van der Waals surface area contributed by atoms with E-state index in [0.717, 1.165) is 35.3 Å². The van der Waals surface area contributed by atoms with Gasteiger partial charge in [-0.05, 0) is 37.7 Å². The Morgan fingerprint density at radius 3 is 2.90 bits per heavy atom. The quantitative estimate of drug-likeness (QED) is 0.652. The predicted octanol–water partition coefficient (Wildman–Crippen LogP) is 3.10. The number of pyridine rings is 1. The molecule has 0 spiro atoms. The van der Waals surface area contributed by atoms with E-state index < -0.39 is 16.4 Å². The molecule has 3 aromatic heterocycles. The van der Waals surface area contributed by atoms with E-state index in [1.807, 2.05) is 25.4 Å². The molecule has 3 aromatic rings. The molecule has 0 bridgehead atoms. The molecule has 2 aliphatic heterocycles. The molecule has 10 nitrogen and oxygen atoms in total. The maximum atomic E-state index is 12.6. The number of hydrogen-bond donors (Lipinski definition) is 2. The molecule has 1 fully saturated rings. The molecule has 0 aromatic carbocycles. The lowest BCUT2D eigenvalue weighted by Crippen LogP contribution is -2.47. The van der Waals surface area contributed by atoms with Crippen LogP contribution in [-0.2, 0) is 11.3 Å². The molecule has 2 aliphatic rings. The van der Waals surface area contributed by atoms with Crippen molar-refractivity contribution in [3.63, 3.8) is 0 Å². The standard InChI is InChI=1S/C19H23N7O3S/c1-12-7-16-21-11-22-25(16)9-15(12)23-18-20-8-13-10-29-19(27)26(17(13)24-18)14-3-5-30(2,28)6-4-14/h7-9,11,14,28H,3-6,10H2,1-2H3,(H,20,23,24). The van der Waals surface area contributed by atoms with Crippen LogP contribution in [0.25, 0.3) is 5.65 Å². The Balaban J connectivity index is 1.46. The van der Waals surface area contributed by atoms with E-state index in [-0.39, 0.29) is 12.6 Å². The highest BCUT2D eigenvalue weighted by Crippen LogP contribution is 2.46. The van der Waals surface area contributed by atoms with Gasteiger partial charge in [0.15, 0.2) is 11.5 Å². The van der Waals surface area contributed by atoms with E-state index in [1.165, 1.54) is 6.33 Å². The molecule has 0 saturated carbocycles. The summed E-state index contributed by atoms with van der Waals surface area (Å²) >= 11 is 0. The van der Waals surface area contributed by atoms with Gasteiger partial charge in [-0.1, -0.05) is 0 Å². The van der Waals surface area contributed by atoms with Crippen molar-refractivity contribution in [3.8, 4) is 0 Å². The van der Waals surface area contributed by atoms with E-state index in [2.05, 4.69) is 25.4 Å². The molecular formula is C19H23N7O3S. The van der Waals surface area contributed by atoms with Gasteiger partial charge in [0.2, 0.25) is 5.95 Å². The van der Waals surface area contributed by atoms with E-state index in [1.54, 1.807) is 15.6 Å². The SMILES string of the molecule is Cc1cc2ncnn2cc1Nc1ncc2c(n1)N(C1CCS(C)(O)CC1)C(=O)OC2. The third-order valence-corrected chi connectivity index (χ3v) is 7.86. The summed E-state index contributed by atoms with van der Waals surface area (Å²) in [5.41, 5.74) is 3.31. The van der Waals surface area contributed by atoms with Crippen LogP contribution >= 0.6 is 10.3 Å². The number of aromatic nitrogens is 5. The molecule has 2 N–H and O–H groups in total. The largest absolute Gasteiger partial charge is 0.444 e. The average Bonchev–Trinajstić information content (AvgIpc) is 3.16. The first-order valence-electron chi connectivity index (χ1n) is 9.75. The Morgan fingerprint density at radius 1 is 1.30 bits per heavy atom. The number of fused-ring (bicyclic) bond motifs is 2. The van der Waals surface area contributed by atoms with Gasteiger partial charge in [0.25, 0.3) is 0 Å². The van der Waals surface area contributed by atoms with Crippen LogP contribution < -0.4 is 10.2 Å². The summed E-state index contributed by atoms with van der Waals surface area (Å²) in [6.45, 7) is 2.12. The first-order valence-corrected chi connectivity index (χ1v) is 12.1. The molecule has 30 heavy (non-hydrogen) atoms. The zero-order valence-electron chi connectivity index (χ0n) is 16.8. The molecule has 1 saturated heterocycles. The average molecular weight is 430 g/mol. The lowest BCUT2D eigenvalue weighted by atomic mass is 10.1. The van der Waals surface area contributed by atoms with Crippen LogP contribution in [0.1, 0.15) is 24.0 Å². The molecule has 0 atom stereocenters. The van der Waals surface area contributed by atoms with Gasteiger partial charge in [0, 0.05) is 23.7 Å². The molecule has 11 heteroatoms. The highest BCUT2D eigenvalue weighted by molar-refractivity contribution is 8.28. The summed E-state index contributed by atoms with van der Waals surface area (Å²) in [5.74, 6) is 2.39. The number of cyclic esters (lactones) is 1. The van der Waals surface area contributed by atoms with Crippen molar-refractivity contribution in [3.05, 3.63) is 35.9 Å². The fourth-order valence-corrected chi connectivity index (χ4v) is 5.64. The number of nitrogens with zero attached hydrogens (tertiary/aromatic N) is 6. The van der Waals surface area contributed by atoms with Gasteiger partial charge in [-0.25, -0.2) is 19.3 Å². The van der Waals surface area contributed by atoms with Crippen LogP contribution in [0, 0.1) is 6.92 Å². The first-order chi connectivity index (χ1) is 14.4. The van der Waals surface area contributed by atoms with E-state index in [4.69, 9.17) is 4.74 Å². The number of amides is 1. The number of carbonyl (C=O) groups is 1. The number of carbonyl (C=O) groups excluding carboxylic acids is 1. The Morgan fingerprint density at radius 2 is 2.10 bits per heavy atom. The lowest BCUT2D eigenvalue weighted by molar-refractivity contribution is 0.137. The smallest absolute Gasteiger partial charge is 0.416 e. The number of nitrogens with one attached hydrogen (secondary N) is 1. The predicted molar refractivity (Wildman–Crippen MR) is 115 cm³/mol. The van der Waals surface area contributed by atoms with Crippen molar-refractivity contribution in [2.24, 2.45) is 0 Å². The second-order valence-corrected chi connectivity index (χ2v) is 11.1. The van der Waals surface area contributed by atoms with Crippen LogP contribution in [-0.4, -0.2) is 59.0 Å². The fraction of sp³-hybridized carbons (Fsp3) is 0.421. The van der Waals surface area contributed by atoms with Crippen molar-refractivity contribution in [2.45, 2.75) is 32.4 Å². The van der Waals surface area contributed by atoms with E-state index in [9.17, 15) is 9.35 Å². The molecule has 5 rings (SSSR count). The van der Waals surface area contributed by atoms with Gasteiger partial charge in [-0.15, -0.1) is 10.3 Å². The Kier molecular flexibility index (Phi) is 4.51. The minimum atomic E-state index is -1.55. The summed E-state index contributed by atoms with van der Waals surface area (Å²) in [4.78, 5) is 27.5. The second kappa shape index (κ2) is 7.10. The van der Waals surface area contributed by atoms with E-state index >= 15 is 0 Å². The van der Waals surface area contributed by atoms with Crippen LogP contribution in [0.3, 0.4) is 0 Å². The summed E-state index contributed by atoms with van der Waals surface area (Å²) in [5, 5.41) is 7.39. The van der Waals surface area contributed by atoms with Crippen molar-refractivity contribution >= 4 is 39.5 Å². The summed E-state index contributed by atoms with van der Waals surface area (Å²) in [7, 11) is -1.55. The van der Waals surface area contributed by atoms with E-state index in [0.29, 0.717) is 23.3 Å². The van der Waals surface area contributed by atoms with Gasteiger partial charge in [-0.3, -0.25) is 4.90 Å². The second-order valence-electron chi connectivity index (χ2n) is 7.89. The van der Waals surface area contributed by atoms with Gasteiger partial charge >= 0.3 is 6.09 Å². The van der Waals surface area contributed by atoms with Crippen LogP contribution in [0.4, 0.5) is 22.2 Å². The minimum absolute atomic E-state index is 0.0414. The van der Waals surface area contributed by atoms with Crippen LogP contribution in [0.5, 0.6) is 0 Å². The van der Waals surface area contributed by atoms with Crippen molar-refractivity contribution in [1.82, 2.24) is 24.6 Å². The highest BCUT2D eigenvalue weighted by atomic mass is 32.3. The maximum absolute atomic E-state index is 12.6. The molecule has 0 aliphatic carbocycles. The maximum Gasteiger partial charge on any atom is 0.416 e. The molecule has 5 heterocycles. The van der Waals surface area contributed by atoms with Gasteiger partial charge in [0.1, 0.15) is 12.9 Å². The van der Waals surface area contributed by atoms with Crippen LogP contribution in [0.2, 0.25) is 0 Å². The van der Waals surface area contributed by atoms with Gasteiger partial charge < -0.3 is 14.6 Å². The van der Waals surface area contributed by atoms with Gasteiger partial charge in [0.05, 0.1) is 17.4 Å². The zero-order chi connectivity index (χ0) is 20.9. The third-order valence-electron chi connectivity index (χ3n) is 5.63. The number of ether oxygens (including phenoxy) is 1. The third kappa shape index (κ3) is 3.43. The molecule has 158 valence electrons. The highest BCUT2D eigenvalue weighted by Gasteiger charge is 2.37. The Labute approximate surface area is 174 Å². The fourth-order valence-electron chi connectivity index (χ4n) is 3.88. The summed E-state index contributed by atoms with van der Waals surface area (Å²) < 4.78 is 17.4. The Hall–Kier alpha value is -2.92. The molecule has 0 radical (unpaired) electrons. The number of aryl methyl sites for hydroxylation is 1. The van der Waals surface area contributed by atoms with Crippen molar-refractivity contribution in [1.29, 1.82) is 0 Å². The first kappa shape index (κ1) is 19.1. The number of rotatable bonds is 3. The van der Waals surface area contributed by atoms with Gasteiger partial charge in [-0.2, -0.15) is 10.1 Å². The van der Waals surface area contributed by atoms with Crippen LogP contribution in [0.15, 0.2) is 24.8 Å². The monoisotopic (exact) mass is 429 g/mol. The molecular weight excluding hydrogens is 406 g/mol. The normalized spacial score (nSPS) is 26.0. The molecule has 0 unspecified atom stereocenters. The van der Waals surface area contributed by atoms with Crippen molar-refractivity contribution in [2.75, 3.05) is 28.0 Å². The summed E-state index contributed by atoms with van der Waals surface area (Å²) in [6.07, 6.45) is 8.01.